The van der Waals surface area contributed by atoms with Crippen LogP contribution in [0.25, 0.3) is 0 Å². The minimum absolute atomic E-state index is 0. The Bertz CT molecular complexity index is 536. The Balaban J connectivity index is 0.00000264. The zero-order valence-electron chi connectivity index (χ0n) is 13.3. The fraction of sp³-hybridized carbons (Fsp3) is 0.692. The second-order valence-electron chi connectivity index (χ2n) is 5.20. The van der Waals surface area contributed by atoms with E-state index in [9.17, 15) is 18.0 Å². The SMILES string of the molecule is Cc1nc(C)c(C(=O)NCC(N2CCNCC2)C(F)(F)F)s1.Cl.Cl. The molecule has 5 nitrogen and oxygen atoms in total. The number of piperazine rings is 1. The van der Waals surface area contributed by atoms with Crippen molar-refractivity contribution in [3.8, 4) is 0 Å². The third-order valence-corrected chi connectivity index (χ3v) is 4.61. The molecule has 0 saturated carbocycles. The van der Waals surface area contributed by atoms with E-state index in [1.165, 1.54) is 16.2 Å². The lowest BCUT2D eigenvalue weighted by Gasteiger charge is -2.35. The molecule has 2 rings (SSSR count). The van der Waals surface area contributed by atoms with Crippen LogP contribution in [-0.2, 0) is 0 Å². The van der Waals surface area contributed by atoms with Crippen LogP contribution in [0.5, 0.6) is 0 Å². The van der Waals surface area contributed by atoms with Crippen LogP contribution in [0, 0.1) is 13.8 Å². The lowest BCUT2D eigenvalue weighted by atomic mass is 10.2. The van der Waals surface area contributed by atoms with Gasteiger partial charge >= 0.3 is 6.18 Å². The van der Waals surface area contributed by atoms with Gasteiger partial charge in [-0.1, -0.05) is 0 Å². The van der Waals surface area contributed by atoms with Gasteiger partial charge in [-0.25, -0.2) is 4.98 Å². The molecule has 140 valence electrons. The molecule has 1 atom stereocenters. The van der Waals surface area contributed by atoms with Crippen molar-refractivity contribution in [3.05, 3.63) is 15.6 Å². The van der Waals surface area contributed by atoms with Crippen LogP contribution in [0.3, 0.4) is 0 Å². The summed E-state index contributed by atoms with van der Waals surface area (Å²) in [7, 11) is 0. The van der Waals surface area contributed by atoms with E-state index in [0.717, 1.165) is 5.01 Å². The van der Waals surface area contributed by atoms with Crippen LogP contribution in [0.2, 0.25) is 0 Å². The minimum atomic E-state index is -4.37. The van der Waals surface area contributed by atoms with Gasteiger partial charge in [-0.15, -0.1) is 36.2 Å². The Kier molecular flexibility index (Phi) is 9.52. The highest BCUT2D eigenvalue weighted by Crippen LogP contribution is 2.25. The van der Waals surface area contributed by atoms with E-state index in [2.05, 4.69) is 15.6 Å². The molecule has 2 N–H and O–H groups in total. The number of alkyl halides is 3. The molecule has 1 fully saturated rings. The van der Waals surface area contributed by atoms with Gasteiger partial charge in [0.25, 0.3) is 5.91 Å². The molecule has 1 aromatic heterocycles. The number of nitrogens with zero attached hydrogens (tertiary/aromatic N) is 2. The van der Waals surface area contributed by atoms with E-state index >= 15 is 0 Å². The Morgan fingerprint density at radius 2 is 1.92 bits per heavy atom. The van der Waals surface area contributed by atoms with Gasteiger partial charge in [0, 0.05) is 32.7 Å². The average Bonchev–Trinajstić information content (AvgIpc) is 2.77. The van der Waals surface area contributed by atoms with E-state index in [0.29, 0.717) is 36.8 Å². The second-order valence-corrected chi connectivity index (χ2v) is 6.40. The molecule has 24 heavy (non-hydrogen) atoms. The molecule has 1 amide bonds. The minimum Gasteiger partial charge on any atom is -0.349 e. The van der Waals surface area contributed by atoms with Crippen LogP contribution in [0.4, 0.5) is 13.2 Å². The number of aryl methyl sites for hydroxylation is 2. The number of carbonyl (C=O) groups excluding carboxylic acids is 1. The number of hydrogen-bond acceptors (Lipinski definition) is 5. The molecular formula is C13H21Cl2F3N4OS. The summed E-state index contributed by atoms with van der Waals surface area (Å²) < 4.78 is 39.7. The Morgan fingerprint density at radius 1 is 1.33 bits per heavy atom. The second kappa shape index (κ2) is 9.76. The first-order chi connectivity index (χ1) is 10.3. The fourth-order valence-electron chi connectivity index (χ4n) is 2.46. The number of rotatable bonds is 4. The van der Waals surface area contributed by atoms with Gasteiger partial charge in [0.15, 0.2) is 0 Å². The van der Waals surface area contributed by atoms with Gasteiger partial charge in [0.1, 0.15) is 10.9 Å². The Morgan fingerprint density at radius 3 is 2.38 bits per heavy atom. The molecule has 0 aromatic carbocycles. The summed E-state index contributed by atoms with van der Waals surface area (Å²) in [5.74, 6) is -0.493. The molecule has 1 aliphatic rings. The van der Waals surface area contributed by atoms with Crippen LogP contribution in [-0.4, -0.2) is 60.7 Å². The van der Waals surface area contributed by atoms with Gasteiger partial charge in [0.05, 0.1) is 10.7 Å². The summed E-state index contributed by atoms with van der Waals surface area (Å²) in [6.45, 7) is 4.67. The first kappa shape index (κ1) is 23.4. The molecule has 0 radical (unpaired) electrons. The summed E-state index contributed by atoms with van der Waals surface area (Å²) >= 11 is 1.19. The highest BCUT2D eigenvalue weighted by Gasteiger charge is 2.43. The number of aromatic nitrogens is 1. The van der Waals surface area contributed by atoms with Crippen LogP contribution >= 0.6 is 36.2 Å². The quantitative estimate of drug-likeness (QED) is 0.801. The zero-order chi connectivity index (χ0) is 16.3. The lowest BCUT2D eigenvalue weighted by molar-refractivity contribution is -0.183. The first-order valence-corrected chi connectivity index (χ1v) is 7.84. The third-order valence-electron chi connectivity index (χ3n) is 3.54. The Hall–Kier alpha value is -0.610. The Labute approximate surface area is 155 Å². The molecule has 1 aromatic rings. The van der Waals surface area contributed by atoms with Gasteiger partial charge in [0.2, 0.25) is 0 Å². The summed E-state index contributed by atoms with van der Waals surface area (Å²) in [5, 5.41) is 6.15. The van der Waals surface area contributed by atoms with Gasteiger partial charge in [-0.2, -0.15) is 13.2 Å². The topological polar surface area (TPSA) is 57.3 Å². The predicted molar refractivity (Wildman–Crippen MR) is 92.7 cm³/mol. The van der Waals surface area contributed by atoms with Crippen molar-refractivity contribution in [1.29, 1.82) is 0 Å². The number of amides is 1. The standard InChI is InChI=1S/C13H19F3N4OS.2ClH/c1-8-11(22-9(2)19-8)12(21)18-7-10(13(14,15)16)20-5-3-17-4-6-20;;/h10,17H,3-7H2,1-2H3,(H,18,21);2*1H. The summed E-state index contributed by atoms with van der Waals surface area (Å²) in [5.41, 5.74) is 0.547. The van der Waals surface area contributed by atoms with Gasteiger partial charge in [-0.3, -0.25) is 9.69 Å². The number of nitrogens with one attached hydrogen (secondary N) is 2. The van der Waals surface area contributed by atoms with Crippen molar-refractivity contribution in [2.45, 2.75) is 26.1 Å². The van der Waals surface area contributed by atoms with Crippen molar-refractivity contribution >= 4 is 42.1 Å². The zero-order valence-corrected chi connectivity index (χ0v) is 15.7. The van der Waals surface area contributed by atoms with Crippen LogP contribution in [0.15, 0.2) is 0 Å². The highest BCUT2D eigenvalue weighted by atomic mass is 35.5. The first-order valence-electron chi connectivity index (χ1n) is 7.02. The monoisotopic (exact) mass is 408 g/mol. The molecule has 1 saturated heterocycles. The maximum atomic E-state index is 13.2. The third kappa shape index (κ3) is 6.03. The molecule has 1 aliphatic heterocycles. The lowest BCUT2D eigenvalue weighted by Crippen LogP contribution is -2.57. The summed E-state index contributed by atoms with van der Waals surface area (Å²) in [6.07, 6.45) is -4.37. The van der Waals surface area contributed by atoms with E-state index in [1.807, 2.05) is 0 Å². The number of hydrogen-bond donors (Lipinski definition) is 2. The molecule has 0 spiro atoms. The maximum absolute atomic E-state index is 13.2. The summed E-state index contributed by atoms with van der Waals surface area (Å²) in [4.78, 5) is 17.9. The number of thiazole rings is 1. The largest absolute Gasteiger partial charge is 0.405 e. The van der Waals surface area contributed by atoms with Crippen molar-refractivity contribution in [2.75, 3.05) is 32.7 Å². The van der Waals surface area contributed by atoms with Crippen molar-refractivity contribution in [1.82, 2.24) is 20.5 Å². The maximum Gasteiger partial charge on any atom is 0.405 e. The van der Waals surface area contributed by atoms with Gasteiger partial charge < -0.3 is 10.6 Å². The van der Waals surface area contributed by atoms with E-state index in [4.69, 9.17) is 0 Å². The van der Waals surface area contributed by atoms with Gasteiger partial charge in [-0.05, 0) is 13.8 Å². The smallest absolute Gasteiger partial charge is 0.349 e. The predicted octanol–water partition coefficient (Wildman–Crippen LogP) is 2.17. The van der Waals surface area contributed by atoms with Crippen molar-refractivity contribution in [3.63, 3.8) is 0 Å². The van der Waals surface area contributed by atoms with Crippen molar-refractivity contribution in [2.24, 2.45) is 0 Å². The highest BCUT2D eigenvalue weighted by molar-refractivity contribution is 7.13. The fourth-order valence-corrected chi connectivity index (χ4v) is 3.29. The molecule has 1 unspecified atom stereocenters. The summed E-state index contributed by atoms with van der Waals surface area (Å²) in [6, 6.07) is -1.66. The molecule has 11 heteroatoms. The number of carbonyl (C=O) groups is 1. The van der Waals surface area contributed by atoms with E-state index in [-0.39, 0.29) is 24.8 Å². The molecule has 0 aliphatic carbocycles. The average molecular weight is 409 g/mol. The van der Waals surface area contributed by atoms with Crippen LogP contribution < -0.4 is 10.6 Å². The molecular weight excluding hydrogens is 388 g/mol. The number of halogens is 5. The molecule has 2 heterocycles. The van der Waals surface area contributed by atoms with Crippen LogP contribution in [0.1, 0.15) is 20.4 Å². The van der Waals surface area contributed by atoms with E-state index < -0.39 is 24.7 Å². The molecule has 0 bridgehead atoms. The van der Waals surface area contributed by atoms with E-state index in [1.54, 1.807) is 13.8 Å². The van der Waals surface area contributed by atoms with Crippen molar-refractivity contribution < 1.29 is 18.0 Å². The normalized spacial score (nSPS) is 16.7.